The minimum Gasteiger partial charge on any atom is -0.333 e. The van der Waals surface area contributed by atoms with Crippen LogP contribution >= 0.6 is 0 Å². The largest absolute Gasteiger partial charge is 0.333 e. The Kier molecular flexibility index (Phi) is 3.81. The van der Waals surface area contributed by atoms with E-state index in [1.165, 1.54) is 11.1 Å². The smallest absolute Gasteiger partial charge is 0.273 e. The summed E-state index contributed by atoms with van der Waals surface area (Å²) in [6.07, 6.45) is 4.66. The lowest BCUT2D eigenvalue weighted by molar-refractivity contribution is 0.0726. The van der Waals surface area contributed by atoms with Crippen molar-refractivity contribution < 1.29 is 4.79 Å². The van der Waals surface area contributed by atoms with Gasteiger partial charge in [-0.05, 0) is 36.1 Å². The van der Waals surface area contributed by atoms with E-state index in [2.05, 4.69) is 30.1 Å². The lowest BCUT2D eigenvalue weighted by Gasteiger charge is -2.29. The number of aryl methyl sites for hydroxylation is 1. The Labute approximate surface area is 141 Å². The maximum atomic E-state index is 13.2. The van der Waals surface area contributed by atoms with Crippen LogP contribution in [0, 0.1) is 0 Å². The Morgan fingerprint density at radius 1 is 1.12 bits per heavy atom. The first-order valence-corrected chi connectivity index (χ1v) is 8.60. The Balaban J connectivity index is 1.72. The average Bonchev–Trinajstić information content (AvgIpc) is 2.99. The normalized spacial score (nSPS) is 14.0. The van der Waals surface area contributed by atoms with E-state index in [0.717, 1.165) is 42.8 Å². The van der Waals surface area contributed by atoms with E-state index >= 15 is 0 Å². The zero-order valence-corrected chi connectivity index (χ0v) is 13.9. The van der Waals surface area contributed by atoms with E-state index in [1.54, 1.807) is 0 Å². The molecule has 1 amide bonds. The third kappa shape index (κ3) is 2.48. The Hall–Kier alpha value is -2.62. The van der Waals surface area contributed by atoms with Crippen LogP contribution in [0.5, 0.6) is 0 Å². The van der Waals surface area contributed by atoms with Gasteiger partial charge in [0.1, 0.15) is 11.3 Å². The highest BCUT2D eigenvalue weighted by molar-refractivity contribution is 5.95. The number of amides is 1. The number of fused-ring (bicyclic) bond motifs is 2. The van der Waals surface area contributed by atoms with Gasteiger partial charge in [-0.15, -0.1) is 0 Å². The summed E-state index contributed by atoms with van der Waals surface area (Å²) in [6, 6.07) is 14.3. The monoisotopic (exact) mass is 319 g/mol. The molecule has 3 aromatic rings. The number of aromatic nitrogens is 2. The van der Waals surface area contributed by atoms with E-state index in [9.17, 15) is 4.79 Å². The zero-order chi connectivity index (χ0) is 16.5. The lowest BCUT2D eigenvalue weighted by atomic mass is 9.99. The van der Waals surface area contributed by atoms with Crippen molar-refractivity contribution in [3.05, 3.63) is 71.2 Å². The maximum Gasteiger partial charge on any atom is 0.273 e. The first-order valence-electron chi connectivity index (χ1n) is 8.60. The van der Waals surface area contributed by atoms with E-state index in [4.69, 9.17) is 0 Å². The molecule has 0 saturated carbocycles. The number of nitrogens with zero attached hydrogens (tertiary/aromatic N) is 3. The van der Waals surface area contributed by atoms with Crippen LogP contribution in [0.4, 0.5) is 0 Å². The number of hydrogen-bond acceptors (Lipinski definition) is 2. The highest BCUT2D eigenvalue weighted by Gasteiger charge is 2.26. The quantitative estimate of drug-likeness (QED) is 0.741. The van der Waals surface area contributed by atoms with Gasteiger partial charge in [0.05, 0.1) is 5.69 Å². The standard InChI is InChI=1S/C20H21N3O/c1-2-7-17-19(23-12-6-5-10-18(23)21-17)20(24)22-13-11-15-8-3-4-9-16(15)14-22/h3-6,8-10,12H,2,7,11,13-14H2,1H3. The molecule has 0 aliphatic carbocycles. The van der Waals surface area contributed by atoms with Crippen LogP contribution in [-0.4, -0.2) is 26.7 Å². The number of hydrogen-bond donors (Lipinski definition) is 0. The molecule has 0 radical (unpaired) electrons. The summed E-state index contributed by atoms with van der Waals surface area (Å²) in [5.74, 6) is 0.0895. The number of rotatable bonds is 3. The third-order valence-electron chi connectivity index (χ3n) is 4.71. The van der Waals surface area contributed by atoms with Gasteiger partial charge in [-0.1, -0.05) is 43.7 Å². The molecule has 1 aliphatic heterocycles. The van der Waals surface area contributed by atoms with Gasteiger partial charge < -0.3 is 4.90 Å². The molecule has 2 aromatic heterocycles. The van der Waals surface area contributed by atoms with Gasteiger partial charge in [0, 0.05) is 19.3 Å². The molecule has 1 aromatic carbocycles. The summed E-state index contributed by atoms with van der Waals surface area (Å²) in [5.41, 5.74) is 5.09. The summed E-state index contributed by atoms with van der Waals surface area (Å²) in [7, 11) is 0. The molecule has 0 unspecified atom stereocenters. The van der Waals surface area contributed by atoms with Crippen LogP contribution in [0.1, 0.15) is 40.7 Å². The van der Waals surface area contributed by atoms with Crippen LogP contribution in [0.25, 0.3) is 5.65 Å². The van der Waals surface area contributed by atoms with Crippen molar-refractivity contribution in [1.82, 2.24) is 14.3 Å². The maximum absolute atomic E-state index is 13.2. The van der Waals surface area contributed by atoms with Crippen molar-refractivity contribution in [3.63, 3.8) is 0 Å². The lowest BCUT2D eigenvalue weighted by Crippen LogP contribution is -2.37. The minimum atomic E-state index is 0.0895. The zero-order valence-electron chi connectivity index (χ0n) is 13.9. The van der Waals surface area contributed by atoms with Crippen LogP contribution < -0.4 is 0 Å². The molecule has 0 atom stereocenters. The van der Waals surface area contributed by atoms with Crippen LogP contribution in [-0.2, 0) is 19.4 Å². The molecule has 0 fully saturated rings. The topological polar surface area (TPSA) is 37.6 Å². The summed E-state index contributed by atoms with van der Waals surface area (Å²) in [6.45, 7) is 3.57. The fraction of sp³-hybridized carbons (Fsp3) is 0.300. The molecule has 0 saturated heterocycles. The second kappa shape index (κ2) is 6.11. The average molecular weight is 319 g/mol. The second-order valence-corrected chi connectivity index (χ2v) is 6.33. The minimum absolute atomic E-state index is 0.0895. The number of carbonyl (C=O) groups excluding carboxylic acids is 1. The fourth-order valence-electron chi connectivity index (χ4n) is 3.50. The molecule has 4 nitrogen and oxygen atoms in total. The van der Waals surface area contributed by atoms with Crippen molar-refractivity contribution in [2.45, 2.75) is 32.7 Å². The van der Waals surface area contributed by atoms with Gasteiger partial charge in [0.15, 0.2) is 0 Å². The summed E-state index contributed by atoms with van der Waals surface area (Å²) in [5, 5.41) is 0. The fourth-order valence-corrected chi connectivity index (χ4v) is 3.50. The highest BCUT2D eigenvalue weighted by atomic mass is 16.2. The molecule has 1 aliphatic rings. The SMILES string of the molecule is CCCc1nc2ccccn2c1C(=O)N1CCc2ccccc2C1. The number of pyridine rings is 1. The van der Waals surface area contributed by atoms with Crippen molar-refractivity contribution in [3.8, 4) is 0 Å². The van der Waals surface area contributed by atoms with E-state index < -0.39 is 0 Å². The first-order chi connectivity index (χ1) is 11.8. The molecule has 0 N–H and O–H groups in total. The molecular weight excluding hydrogens is 298 g/mol. The Morgan fingerprint density at radius 2 is 1.92 bits per heavy atom. The van der Waals surface area contributed by atoms with Crippen molar-refractivity contribution >= 4 is 11.6 Å². The first kappa shape index (κ1) is 14.9. The van der Waals surface area contributed by atoms with Gasteiger partial charge in [-0.3, -0.25) is 9.20 Å². The number of carbonyl (C=O) groups is 1. The van der Waals surface area contributed by atoms with E-state index in [0.29, 0.717) is 6.54 Å². The molecule has 0 spiro atoms. The second-order valence-electron chi connectivity index (χ2n) is 6.33. The van der Waals surface area contributed by atoms with Gasteiger partial charge in [-0.2, -0.15) is 0 Å². The summed E-state index contributed by atoms with van der Waals surface area (Å²) < 4.78 is 1.94. The van der Waals surface area contributed by atoms with Crippen molar-refractivity contribution in [1.29, 1.82) is 0 Å². The number of benzene rings is 1. The van der Waals surface area contributed by atoms with E-state index in [-0.39, 0.29) is 5.91 Å². The van der Waals surface area contributed by atoms with E-state index in [1.807, 2.05) is 39.8 Å². The molecule has 4 heteroatoms. The molecular formula is C20H21N3O. The molecule has 24 heavy (non-hydrogen) atoms. The summed E-state index contributed by atoms with van der Waals surface area (Å²) in [4.78, 5) is 19.9. The Bertz CT molecular complexity index is 897. The predicted molar refractivity (Wildman–Crippen MR) is 94.1 cm³/mol. The molecule has 3 heterocycles. The third-order valence-corrected chi connectivity index (χ3v) is 4.71. The van der Waals surface area contributed by atoms with Gasteiger partial charge >= 0.3 is 0 Å². The van der Waals surface area contributed by atoms with Crippen molar-refractivity contribution in [2.24, 2.45) is 0 Å². The molecule has 4 rings (SSSR count). The van der Waals surface area contributed by atoms with Gasteiger partial charge in [0.25, 0.3) is 5.91 Å². The predicted octanol–water partition coefficient (Wildman–Crippen LogP) is 3.49. The number of imidazole rings is 1. The Morgan fingerprint density at radius 3 is 2.75 bits per heavy atom. The van der Waals surface area contributed by atoms with Crippen molar-refractivity contribution in [2.75, 3.05) is 6.54 Å². The molecule has 0 bridgehead atoms. The van der Waals surface area contributed by atoms with Crippen LogP contribution in [0.15, 0.2) is 48.7 Å². The summed E-state index contributed by atoms with van der Waals surface area (Å²) >= 11 is 0. The van der Waals surface area contributed by atoms with Gasteiger partial charge in [-0.25, -0.2) is 4.98 Å². The highest BCUT2D eigenvalue weighted by Crippen LogP contribution is 2.22. The molecule has 122 valence electrons. The van der Waals surface area contributed by atoms with Crippen LogP contribution in [0.3, 0.4) is 0 Å². The van der Waals surface area contributed by atoms with Crippen LogP contribution in [0.2, 0.25) is 0 Å². The van der Waals surface area contributed by atoms with Gasteiger partial charge in [0.2, 0.25) is 0 Å².